The first-order chi connectivity index (χ1) is 15.1. The van der Waals surface area contributed by atoms with Crippen LogP contribution in [0.1, 0.15) is 28.9 Å². The highest BCUT2D eigenvalue weighted by Gasteiger charge is 2.35. The van der Waals surface area contributed by atoms with Crippen molar-refractivity contribution >= 4 is 11.8 Å². The predicted molar refractivity (Wildman–Crippen MR) is 109 cm³/mol. The van der Waals surface area contributed by atoms with Crippen LogP contribution in [0.5, 0.6) is 0 Å². The van der Waals surface area contributed by atoms with E-state index in [9.17, 15) is 14.0 Å². The number of nitrogens with zero attached hydrogens (tertiary/aromatic N) is 6. The number of carbonyl (C=O) groups is 2. The van der Waals surface area contributed by atoms with Gasteiger partial charge in [-0.25, -0.2) is 14.1 Å². The lowest BCUT2D eigenvalue weighted by molar-refractivity contribution is -0.132. The van der Waals surface area contributed by atoms with Gasteiger partial charge in [-0.3, -0.25) is 9.59 Å². The van der Waals surface area contributed by atoms with Crippen LogP contribution in [0.25, 0.3) is 0 Å². The number of likely N-dealkylation sites (tertiary alicyclic amines) is 1. The van der Waals surface area contributed by atoms with Crippen molar-refractivity contribution in [2.45, 2.75) is 44.7 Å². The first-order valence-electron chi connectivity index (χ1n) is 10.2. The molecule has 3 aromatic rings. The Labute approximate surface area is 178 Å². The fraction of sp³-hybridized carbons (Fsp3) is 0.381. The molecule has 9 nitrogen and oxygen atoms in total. The topological polar surface area (TPSA) is 97.9 Å². The minimum absolute atomic E-state index is 0.0759. The Kier molecular flexibility index (Phi) is 6.34. The zero-order chi connectivity index (χ0) is 21.6. The van der Waals surface area contributed by atoms with E-state index >= 15 is 0 Å². The van der Waals surface area contributed by atoms with E-state index in [2.05, 4.69) is 20.6 Å². The molecular weight excluding hydrogens is 401 g/mol. The molecule has 1 saturated heterocycles. The average Bonchev–Trinajstić information content (AvgIpc) is 3.53. The van der Waals surface area contributed by atoms with Crippen LogP contribution in [-0.2, 0) is 24.4 Å². The highest BCUT2D eigenvalue weighted by Crippen LogP contribution is 2.23. The largest absolute Gasteiger partial charge is 0.347 e. The van der Waals surface area contributed by atoms with Crippen molar-refractivity contribution in [1.29, 1.82) is 0 Å². The fourth-order valence-corrected chi connectivity index (χ4v) is 3.70. The van der Waals surface area contributed by atoms with Crippen LogP contribution < -0.4 is 5.32 Å². The second-order valence-corrected chi connectivity index (χ2v) is 7.58. The summed E-state index contributed by atoms with van der Waals surface area (Å²) in [7, 11) is 0. The smallest absolute Gasteiger partial charge is 0.273 e. The maximum atomic E-state index is 14.1. The number of aryl methyl sites for hydroxylation is 1. The molecule has 162 valence electrons. The molecule has 0 spiro atoms. The van der Waals surface area contributed by atoms with Gasteiger partial charge in [-0.2, -0.15) is 0 Å². The molecule has 1 aliphatic rings. The summed E-state index contributed by atoms with van der Waals surface area (Å²) in [6, 6.07) is 9.23. The van der Waals surface area contributed by atoms with Crippen LogP contribution in [0.4, 0.5) is 4.39 Å². The summed E-state index contributed by atoms with van der Waals surface area (Å²) < 4.78 is 17.4. The van der Waals surface area contributed by atoms with Crippen molar-refractivity contribution in [2.75, 3.05) is 6.54 Å². The Hall–Kier alpha value is -3.56. The normalized spacial score (nSPS) is 18.3. The van der Waals surface area contributed by atoms with Crippen molar-refractivity contribution in [3.05, 3.63) is 66.5 Å². The van der Waals surface area contributed by atoms with Gasteiger partial charge in [0.25, 0.3) is 5.91 Å². The standard InChI is InChI=1S/C21H24FN7O2/c22-17-10-18(29(12-17)20(30)6-8-27-9-7-23-15-27)13-28-14-19(25-26-28)21(31)24-11-16-4-2-1-3-5-16/h1-5,7,9,14-15,17-18H,6,8,10-13H2,(H,24,31). The quantitative estimate of drug-likeness (QED) is 0.589. The summed E-state index contributed by atoms with van der Waals surface area (Å²) >= 11 is 0. The number of imidazole rings is 1. The van der Waals surface area contributed by atoms with Crippen LogP contribution >= 0.6 is 0 Å². The summed E-state index contributed by atoms with van der Waals surface area (Å²) in [4.78, 5) is 30.5. The lowest BCUT2D eigenvalue weighted by Crippen LogP contribution is -2.38. The molecule has 4 rings (SSSR count). The molecule has 1 aliphatic heterocycles. The molecule has 1 N–H and O–H groups in total. The number of nitrogens with one attached hydrogen (secondary N) is 1. The number of amides is 2. The Bertz CT molecular complexity index is 1010. The average molecular weight is 425 g/mol. The van der Waals surface area contributed by atoms with Gasteiger partial charge >= 0.3 is 0 Å². The monoisotopic (exact) mass is 425 g/mol. The zero-order valence-electron chi connectivity index (χ0n) is 17.0. The van der Waals surface area contributed by atoms with E-state index < -0.39 is 6.17 Å². The third-order valence-corrected chi connectivity index (χ3v) is 5.29. The number of alkyl halides is 1. The van der Waals surface area contributed by atoms with E-state index in [1.807, 2.05) is 34.9 Å². The maximum absolute atomic E-state index is 14.1. The van der Waals surface area contributed by atoms with E-state index in [-0.39, 0.29) is 49.5 Å². The molecule has 2 aromatic heterocycles. The molecular formula is C21H24FN7O2. The second-order valence-electron chi connectivity index (χ2n) is 7.58. The molecule has 10 heteroatoms. The molecule has 2 unspecified atom stereocenters. The van der Waals surface area contributed by atoms with Crippen molar-refractivity contribution in [3.8, 4) is 0 Å². The van der Waals surface area contributed by atoms with Gasteiger partial charge in [0.05, 0.1) is 31.7 Å². The maximum Gasteiger partial charge on any atom is 0.273 e. The third kappa shape index (κ3) is 5.33. The van der Waals surface area contributed by atoms with E-state index in [1.165, 1.54) is 10.9 Å². The molecule has 31 heavy (non-hydrogen) atoms. The SMILES string of the molecule is O=C(NCc1ccccc1)c1cn(CC2CC(F)CN2C(=O)CCn2ccnc2)nn1. The van der Waals surface area contributed by atoms with Crippen molar-refractivity contribution < 1.29 is 14.0 Å². The number of hydrogen-bond acceptors (Lipinski definition) is 5. The molecule has 2 atom stereocenters. The Morgan fingerprint density at radius 3 is 2.84 bits per heavy atom. The summed E-state index contributed by atoms with van der Waals surface area (Å²) in [6.07, 6.45) is 6.05. The van der Waals surface area contributed by atoms with Gasteiger partial charge in [0.2, 0.25) is 5.91 Å². The summed E-state index contributed by atoms with van der Waals surface area (Å²) in [6.45, 7) is 1.24. The van der Waals surface area contributed by atoms with Crippen LogP contribution in [0.2, 0.25) is 0 Å². The third-order valence-electron chi connectivity index (χ3n) is 5.29. The molecule has 0 bridgehead atoms. The number of rotatable bonds is 8. The molecule has 0 saturated carbocycles. The lowest BCUT2D eigenvalue weighted by atomic mass is 10.2. The molecule has 2 amide bonds. The van der Waals surface area contributed by atoms with Crippen molar-refractivity contribution in [1.82, 2.24) is 34.8 Å². The summed E-state index contributed by atoms with van der Waals surface area (Å²) in [5, 5.41) is 10.7. The minimum atomic E-state index is -1.07. The minimum Gasteiger partial charge on any atom is -0.347 e. The van der Waals surface area contributed by atoms with Gasteiger partial charge in [-0.05, 0) is 5.56 Å². The van der Waals surface area contributed by atoms with E-state index in [4.69, 9.17) is 0 Å². The van der Waals surface area contributed by atoms with Crippen LogP contribution in [0.3, 0.4) is 0 Å². The highest BCUT2D eigenvalue weighted by atomic mass is 19.1. The lowest BCUT2D eigenvalue weighted by Gasteiger charge is -2.24. The number of carbonyl (C=O) groups excluding carboxylic acids is 2. The molecule has 0 aliphatic carbocycles. The van der Waals surface area contributed by atoms with Gasteiger partial charge in [-0.15, -0.1) is 5.10 Å². The van der Waals surface area contributed by atoms with Crippen LogP contribution in [-0.4, -0.2) is 60.0 Å². The zero-order valence-corrected chi connectivity index (χ0v) is 17.0. The van der Waals surface area contributed by atoms with Crippen LogP contribution in [0.15, 0.2) is 55.2 Å². The number of aromatic nitrogens is 5. The fourth-order valence-electron chi connectivity index (χ4n) is 3.70. The van der Waals surface area contributed by atoms with Crippen LogP contribution in [0, 0.1) is 0 Å². The van der Waals surface area contributed by atoms with Gasteiger partial charge in [0.15, 0.2) is 5.69 Å². The van der Waals surface area contributed by atoms with Gasteiger partial charge in [0.1, 0.15) is 6.17 Å². The number of benzene rings is 1. The Morgan fingerprint density at radius 2 is 2.06 bits per heavy atom. The molecule has 1 fully saturated rings. The number of hydrogen-bond donors (Lipinski definition) is 1. The second kappa shape index (κ2) is 9.50. The van der Waals surface area contributed by atoms with E-state index in [1.54, 1.807) is 23.6 Å². The first kappa shape index (κ1) is 20.7. The Morgan fingerprint density at radius 1 is 1.23 bits per heavy atom. The summed E-state index contributed by atoms with van der Waals surface area (Å²) in [5.41, 5.74) is 1.16. The van der Waals surface area contributed by atoms with Gasteiger partial charge in [0, 0.05) is 38.3 Å². The molecule has 1 aromatic carbocycles. The van der Waals surface area contributed by atoms with Crippen molar-refractivity contribution in [3.63, 3.8) is 0 Å². The number of halogens is 1. The predicted octanol–water partition coefficient (Wildman–Crippen LogP) is 1.43. The molecule has 3 heterocycles. The first-order valence-corrected chi connectivity index (χ1v) is 10.2. The van der Waals surface area contributed by atoms with E-state index in [0.717, 1.165) is 5.56 Å². The highest BCUT2D eigenvalue weighted by molar-refractivity contribution is 5.91. The van der Waals surface area contributed by atoms with E-state index in [0.29, 0.717) is 13.1 Å². The van der Waals surface area contributed by atoms with Gasteiger partial charge in [-0.1, -0.05) is 35.5 Å². The van der Waals surface area contributed by atoms with Crippen molar-refractivity contribution in [2.24, 2.45) is 0 Å². The summed E-state index contributed by atoms with van der Waals surface area (Å²) in [5.74, 6) is -0.446. The molecule has 0 radical (unpaired) electrons. The van der Waals surface area contributed by atoms with Gasteiger partial charge < -0.3 is 14.8 Å². The Balaban J connectivity index is 1.32.